The fourth-order valence-electron chi connectivity index (χ4n) is 2.63. The molecule has 0 fully saturated rings. The lowest BCUT2D eigenvalue weighted by Crippen LogP contribution is -2.10. The van der Waals surface area contributed by atoms with E-state index in [0.717, 1.165) is 35.2 Å². The number of carbonyl (C=O) groups is 1. The van der Waals surface area contributed by atoms with E-state index in [1.807, 2.05) is 49.0 Å². The van der Waals surface area contributed by atoms with Crippen molar-refractivity contribution in [2.75, 3.05) is 0 Å². The molecule has 0 radical (unpaired) electrons. The van der Waals surface area contributed by atoms with E-state index < -0.39 is 0 Å². The fraction of sp³-hybridized carbons (Fsp3) is 0.444. The predicted molar refractivity (Wildman–Crippen MR) is 85.8 cm³/mol. The number of nitrogens with zero attached hydrogens (tertiary/aromatic N) is 2. The molecular weight excluding hydrogens is 260 g/mol. The van der Waals surface area contributed by atoms with Crippen molar-refractivity contribution in [1.82, 2.24) is 9.78 Å². The van der Waals surface area contributed by atoms with Crippen LogP contribution in [0.1, 0.15) is 59.9 Å². The van der Waals surface area contributed by atoms with Gasteiger partial charge in [-0.25, -0.2) is 0 Å². The molecule has 3 heteroatoms. The first-order chi connectivity index (χ1) is 10.0. The number of hydrogen-bond acceptors (Lipinski definition) is 2. The van der Waals surface area contributed by atoms with Crippen LogP contribution in [0.2, 0.25) is 0 Å². The van der Waals surface area contributed by atoms with Gasteiger partial charge in [-0.1, -0.05) is 31.5 Å². The first-order valence-corrected chi connectivity index (χ1v) is 7.69. The molecule has 0 saturated carbocycles. The highest BCUT2D eigenvalue weighted by Gasteiger charge is 2.13. The lowest BCUT2D eigenvalue weighted by molar-refractivity contribution is 0.0991. The molecule has 1 aromatic carbocycles. The van der Waals surface area contributed by atoms with Crippen LogP contribution < -0.4 is 0 Å². The zero-order chi connectivity index (χ0) is 15.4. The fourth-order valence-corrected chi connectivity index (χ4v) is 2.63. The molecule has 0 aliphatic carbocycles. The minimum absolute atomic E-state index is 0.144. The zero-order valence-electron chi connectivity index (χ0n) is 13.4. The molecule has 112 valence electrons. The third-order valence-corrected chi connectivity index (χ3v) is 4.02. The van der Waals surface area contributed by atoms with Gasteiger partial charge in [-0.05, 0) is 44.4 Å². The number of hydrogen-bond donors (Lipinski definition) is 0. The summed E-state index contributed by atoms with van der Waals surface area (Å²) < 4.78 is 1.99. The molecule has 3 nitrogen and oxygen atoms in total. The quantitative estimate of drug-likeness (QED) is 0.742. The van der Waals surface area contributed by atoms with Crippen molar-refractivity contribution in [3.8, 4) is 0 Å². The Morgan fingerprint density at radius 2 is 1.90 bits per heavy atom. The Morgan fingerprint density at radius 3 is 2.57 bits per heavy atom. The van der Waals surface area contributed by atoms with Crippen molar-refractivity contribution in [3.63, 3.8) is 0 Å². The number of carbonyl (C=O) groups excluding carboxylic acids is 1. The van der Waals surface area contributed by atoms with Gasteiger partial charge in [0.1, 0.15) is 0 Å². The molecule has 2 aromatic rings. The summed E-state index contributed by atoms with van der Waals surface area (Å²) >= 11 is 0. The molecule has 1 aromatic heterocycles. The summed E-state index contributed by atoms with van der Waals surface area (Å²) in [6.45, 7) is 8.32. The van der Waals surface area contributed by atoms with Crippen molar-refractivity contribution in [3.05, 3.63) is 52.8 Å². The van der Waals surface area contributed by atoms with Gasteiger partial charge in [-0.2, -0.15) is 5.10 Å². The van der Waals surface area contributed by atoms with Crippen molar-refractivity contribution < 1.29 is 4.79 Å². The molecule has 0 spiro atoms. The Bertz CT molecular complexity index is 624. The van der Waals surface area contributed by atoms with E-state index in [1.54, 1.807) is 0 Å². The maximum Gasteiger partial charge on any atom is 0.169 e. The average Bonchev–Trinajstić information content (AvgIpc) is 2.91. The molecule has 2 rings (SSSR count). The van der Waals surface area contributed by atoms with Gasteiger partial charge in [0.15, 0.2) is 5.78 Å². The van der Waals surface area contributed by atoms with Gasteiger partial charge < -0.3 is 0 Å². The van der Waals surface area contributed by atoms with Crippen LogP contribution in [0.25, 0.3) is 0 Å². The molecule has 21 heavy (non-hydrogen) atoms. The molecule has 0 atom stereocenters. The van der Waals surface area contributed by atoms with E-state index in [1.165, 1.54) is 0 Å². The van der Waals surface area contributed by atoms with E-state index in [2.05, 4.69) is 18.9 Å². The average molecular weight is 284 g/mol. The van der Waals surface area contributed by atoms with E-state index in [0.29, 0.717) is 12.5 Å². The Morgan fingerprint density at radius 1 is 1.19 bits per heavy atom. The summed E-state index contributed by atoms with van der Waals surface area (Å²) in [6, 6.07) is 8.39. The molecule has 0 bridgehead atoms. The van der Waals surface area contributed by atoms with Crippen LogP contribution in [0.15, 0.2) is 30.5 Å². The monoisotopic (exact) mass is 284 g/mol. The van der Waals surface area contributed by atoms with Crippen LogP contribution in [0, 0.1) is 13.8 Å². The topological polar surface area (TPSA) is 34.9 Å². The molecule has 0 aliphatic rings. The highest BCUT2D eigenvalue weighted by Crippen LogP contribution is 2.17. The van der Waals surface area contributed by atoms with Crippen LogP contribution in [-0.2, 0) is 6.42 Å². The van der Waals surface area contributed by atoms with Crippen LogP contribution >= 0.6 is 0 Å². The van der Waals surface area contributed by atoms with Crippen LogP contribution in [-0.4, -0.2) is 15.6 Å². The van der Waals surface area contributed by atoms with Crippen molar-refractivity contribution in [2.24, 2.45) is 0 Å². The summed E-state index contributed by atoms with van der Waals surface area (Å²) in [5.74, 6) is 0.144. The number of rotatable bonds is 6. The maximum atomic E-state index is 12.5. The first-order valence-electron chi connectivity index (χ1n) is 7.69. The smallest absolute Gasteiger partial charge is 0.169 e. The molecule has 0 N–H and O–H groups in total. The van der Waals surface area contributed by atoms with E-state index >= 15 is 0 Å². The molecule has 0 amide bonds. The van der Waals surface area contributed by atoms with Gasteiger partial charge in [0.05, 0.1) is 18.2 Å². The number of aromatic nitrogens is 2. The SMILES string of the molecule is CCC(CC)n1ccc(CC(=O)c2cc(C)ccc2C)n1. The maximum absolute atomic E-state index is 12.5. The number of Topliss-reactive ketones (excluding diaryl/α,β-unsaturated/α-hetero) is 1. The van der Waals surface area contributed by atoms with Gasteiger partial charge >= 0.3 is 0 Å². The van der Waals surface area contributed by atoms with E-state index in [-0.39, 0.29) is 5.78 Å². The number of aryl methyl sites for hydroxylation is 2. The second-order valence-electron chi connectivity index (χ2n) is 5.68. The second-order valence-corrected chi connectivity index (χ2v) is 5.68. The van der Waals surface area contributed by atoms with Crippen molar-refractivity contribution >= 4 is 5.78 Å². The van der Waals surface area contributed by atoms with Crippen LogP contribution in [0.3, 0.4) is 0 Å². The standard InChI is InChI=1S/C18H24N2O/c1-5-16(6-2)20-10-9-15(19-20)12-18(21)17-11-13(3)7-8-14(17)4/h7-11,16H,5-6,12H2,1-4H3. The van der Waals surface area contributed by atoms with Gasteiger partial charge in [-0.15, -0.1) is 0 Å². The normalized spacial score (nSPS) is 11.1. The van der Waals surface area contributed by atoms with Crippen molar-refractivity contribution in [1.29, 1.82) is 0 Å². The highest BCUT2D eigenvalue weighted by atomic mass is 16.1. The van der Waals surface area contributed by atoms with Gasteiger partial charge in [0, 0.05) is 11.8 Å². The minimum Gasteiger partial charge on any atom is -0.294 e. The summed E-state index contributed by atoms with van der Waals surface area (Å²) in [5, 5.41) is 4.57. The summed E-state index contributed by atoms with van der Waals surface area (Å²) in [7, 11) is 0. The Labute approximate surface area is 127 Å². The second kappa shape index (κ2) is 6.70. The molecule has 1 heterocycles. The summed E-state index contributed by atoms with van der Waals surface area (Å²) in [6.07, 6.45) is 4.48. The number of benzene rings is 1. The van der Waals surface area contributed by atoms with Gasteiger partial charge in [0.2, 0.25) is 0 Å². The summed E-state index contributed by atoms with van der Waals surface area (Å²) in [5.41, 5.74) is 3.82. The third kappa shape index (κ3) is 3.60. The summed E-state index contributed by atoms with van der Waals surface area (Å²) in [4.78, 5) is 12.5. The minimum atomic E-state index is 0.144. The first kappa shape index (κ1) is 15.5. The molecule has 0 aliphatic heterocycles. The Balaban J connectivity index is 2.15. The Hall–Kier alpha value is -1.90. The molecule has 0 unspecified atom stereocenters. The highest BCUT2D eigenvalue weighted by molar-refractivity contribution is 5.98. The zero-order valence-corrected chi connectivity index (χ0v) is 13.4. The van der Waals surface area contributed by atoms with Crippen LogP contribution in [0.5, 0.6) is 0 Å². The third-order valence-electron chi connectivity index (χ3n) is 4.02. The lowest BCUT2D eigenvalue weighted by Gasteiger charge is -2.12. The van der Waals surface area contributed by atoms with E-state index in [9.17, 15) is 4.79 Å². The lowest BCUT2D eigenvalue weighted by atomic mass is 9.99. The van der Waals surface area contributed by atoms with Crippen LogP contribution in [0.4, 0.5) is 0 Å². The Kier molecular flexibility index (Phi) is 4.94. The number of ketones is 1. The van der Waals surface area contributed by atoms with Gasteiger partial charge in [-0.3, -0.25) is 9.48 Å². The largest absolute Gasteiger partial charge is 0.294 e. The van der Waals surface area contributed by atoms with Gasteiger partial charge in [0.25, 0.3) is 0 Å². The van der Waals surface area contributed by atoms with Crippen molar-refractivity contribution in [2.45, 2.75) is 53.0 Å². The van der Waals surface area contributed by atoms with E-state index in [4.69, 9.17) is 0 Å². The predicted octanol–water partition coefficient (Wildman–Crippen LogP) is 4.29. The molecular formula is C18H24N2O. The molecule has 0 saturated heterocycles.